The number of rotatable bonds is 3. The lowest BCUT2D eigenvalue weighted by Crippen LogP contribution is -2.33. The first-order chi connectivity index (χ1) is 8.05. The molecule has 94 valence electrons. The minimum atomic E-state index is -3.50. The first kappa shape index (κ1) is 12.3. The SMILES string of the molecule is Cc1oc(CO)cc1S(=O)(=O)N1CC=CCC1. The zero-order valence-electron chi connectivity index (χ0n) is 9.59. The average molecular weight is 257 g/mol. The van der Waals surface area contributed by atoms with Crippen molar-refractivity contribution in [3.8, 4) is 0 Å². The van der Waals surface area contributed by atoms with Crippen molar-refractivity contribution < 1.29 is 17.9 Å². The number of furan rings is 1. The maximum atomic E-state index is 12.3. The fourth-order valence-electron chi connectivity index (χ4n) is 1.84. The number of aliphatic hydroxyl groups is 1. The van der Waals surface area contributed by atoms with E-state index in [1.165, 1.54) is 10.4 Å². The maximum absolute atomic E-state index is 12.3. The molecular formula is C11H15NO4S. The van der Waals surface area contributed by atoms with Crippen molar-refractivity contribution in [2.45, 2.75) is 24.8 Å². The summed E-state index contributed by atoms with van der Waals surface area (Å²) in [6, 6.07) is 1.39. The Hall–Kier alpha value is -1.11. The van der Waals surface area contributed by atoms with Crippen molar-refractivity contribution in [3.63, 3.8) is 0 Å². The number of sulfonamides is 1. The Morgan fingerprint density at radius 3 is 2.76 bits per heavy atom. The van der Waals surface area contributed by atoms with Gasteiger partial charge in [-0.05, 0) is 13.3 Å². The Morgan fingerprint density at radius 2 is 2.24 bits per heavy atom. The number of nitrogens with zero attached hydrogens (tertiary/aromatic N) is 1. The number of aliphatic hydroxyl groups excluding tert-OH is 1. The fourth-order valence-corrected chi connectivity index (χ4v) is 3.43. The van der Waals surface area contributed by atoms with Gasteiger partial charge in [-0.3, -0.25) is 0 Å². The molecule has 0 amide bonds. The third kappa shape index (κ3) is 2.29. The van der Waals surface area contributed by atoms with Crippen LogP contribution in [-0.2, 0) is 16.6 Å². The van der Waals surface area contributed by atoms with Crippen molar-refractivity contribution in [2.75, 3.05) is 13.1 Å². The molecule has 0 atom stereocenters. The molecule has 1 N–H and O–H groups in total. The summed E-state index contributed by atoms with van der Waals surface area (Å²) in [4.78, 5) is 0.150. The molecule has 6 heteroatoms. The first-order valence-electron chi connectivity index (χ1n) is 5.41. The van der Waals surface area contributed by atoms with Gasteiger partial charge >= 0.3 is 0 Å². The van der Waals surface area contributed by atoms with E-state index < -0.39 is 10.0 Å². The molecule has 0 saturated carbocycles. The lowest BCUT2D eigenvalue weighted by molar-refractivity contribution is 0.244. The van der Waals surface area contributed by atoms with Gasteiger partial charge in [-0.15, -0.1) is 0 Å². The minimum absolute atomic E-state index is 0.150. The van der Waals surface area contributed by atoms with Crippen molar-refractivity contribution in [1.29, 1.82) is 0 Å². The van der Waals surface area contributed by atoms with Crippen LogP contribution in [0.5, 0.6) is 0 Å². The van der Waals surface area contributed by atoms with Gasteiger partial charge in [0.15, 0.2) is 0 Å². The molecule has 0 fully saturated rings. The zero-order chi connectivity index (χ0) is 12.5. The minimum Gasteiger partial charge on any atom is -0.462 e. The molecule has 1 aliphatic heterocycles. The molecule has 1 aromatic heterocycles. The Balaban J connectivity index is 2.36. The van der Waals surface area contributed by atoms with Crippen LogP contribution < -0.4 is 0 Å². The summed E-state index contributed by atoms with van der Waals surface area (Å²) < 4.78 is 31.2. The highest BCUT2D eigenvalue weighted by molar-refractivity contribution is 7.89. The Kier molecular flexibility index (Phi) is 3.37. The van der Waals surface area contributed by atoms with Crippen LogP contribution in [0.4, 0.5) is 0 Å². The molecule has 0 bridgehead atoms. The van der Waals surface area contributed by atoms with Gasteiger partial charge in [0.05, 0.1) is 0 Å². The summed E-state index contributed by atoms with van der Waals surface area (Å²) in [5.74, 6) is 0.595. The summed E-state index contributed by atoms with van der Waals surface area (Å²) in [6.07, 6.45) is 4.53. The van der Waals surface area contributed by atoms with Crippen molar-refractivity contribution >= 4 is 10.0 Å². The third-order valence-corrected chi connectivity index (χ3v) is 4.69. The van der Waals surface area contributed by atoms with Crippen LogP contribution >= 0.6 is 0 Å². The summed E-state index contributed by atoms with van der Waals surface area (Å²) in [7, 11) is -3.50. The van der Waals surface area contributed by atoms with E-state index >= 15 is 0 Å². The number of hydrogen-bond donors (Lipinski definition) is 1. The number of aryl methyl sites for hydroxylation is 1. The standard InChI is InChI=1S/C11H15NO4S/c1-9-11(7-10(8-13)16-9)17(14,15)12-5-3-2-4-6-12/h2-3,7,13H,4-6,8H2,1H3. The molecule has 0 unspecified atom stereocenters. The average Bonchev–Trinajstić information content (AvgIpc) is 2.72. The van der Waals surface area contributed by atoms with Crippen LogP contribution in [-0.4, -0.2) is 30.9 Å². The van der Waals surface area contributed by atoms with Crippen LogP contribution in [0.2, 0.25) is 0 Å². The van der Waals surface area contributed by atoms with E-state index in [0.29, 0.717) is 18.8 Å². The van der Waals surface area contributed by atoms with Crippen LogP contribution in [0.25, 0.3) is 0 Å². The molecule has 0 saturated heterocycles. The van der Waals surface area contributed by atoms with Gasteiger partial charge in [-0.2, -0.15) is 4.31 Å². The first-order valence-corrected chi connectivity index (χ1v) is 6.85. The highest BCUT2D eigenvalue weighted by atomic mass is 32.2. The molecule has 2 rings (SSSR count). The van der Waals surface area contributed by atoms with Crippen molar-refractivity contribution in [3.05, 3.63) is 29.7 Å². The predicted molar refractivity (Wildman–Crippen MR) is 61.9 cm³/mol. The van der Waals surface area contributed by atoms with Gasteiger partial charge in [-0.25, -0.2) is 8.42 Å². The number of hydrogen-bond acceptors (Lipinski definition) is 4. The molecule has 0 spiro atoms. The second kappa shape index (κ2) is 4.64. The summed E-state index contributed by atoms with van der Waals surface area (Å²) >= 11 is 0. The molecule has 0 aliphatic carbocycles. The van der Waals surface area contributed by atoms with Gasteiger partial charge in [0.1, 0.15) is 23.0 Å². The summed E-state index contributed by atoms with van der Waals surface area (Å²) in [6.45, 7) is 2.17. The molecule has 17 heavy (non-hydrogen) atoms. The molecule has 5 nitrogen and oxygen atoms in total. The second-order valence-electron chi connectivity index (χ2n) is 3.91. The van der Waals surface area contributed by atoms with E-state index in [2.05, 4.69) is 0 Å². The van der Waals surface area contributed by atoms with E-state index in [1.807, 2.05) is 12.2 Å². The van der Waals surface area contributed by atoms with Gasteiger partial charge in [0.25, 0.3) is 0 Å². The molecular weight excluding hydrogens is 242 g/mol. The molecule has 0 aromatic carbocycles. The van der Waals surface area contributed by atoms with Crippen LogP contribution in [0, 0.1) is 6.92 Å². The molecule has 1 aromatic rings. The van der Waals surface area contributed by atoms with Gasteiger partial charge in [0, 0.05) is 19.2 Å². The normalized spacial score (nSPS) is 17.5. The lowest BCUT2D eigenvalue weighted by atomic mass is 10.3. The van der Waals surface area contributed by atoms with Gasteiger partial charge < -0.3 is 9.52 Å². The second-order valence-corrected chi connectivity index (χ2v) is 5.82. The maximum Gasteiger partial charge on any atom is 0.246 e. The van der Waals surface area contributed by atoms with Gasteiger partial charge in [-0.1, -0.05) is 12.2 Å². The third-order valence-electron chi connectivity index (χ3n) is 2.72. The van der Waals surface area contributed by atoms with E-state index in [-0.39, 0.29) is 17.3 Å². The predicted octanol–water partition coefficient (Wildman–Crippen LogP) is 1.03. The highest BCUT2D eigenvalue weighted by Gasteiger charge is 2.28. The van der Waals surface area contributed by atoms with E-state index in [0.717, 1.165) is 6.42 Å². The monoisotopic (exact) mass is 257 g/mol. The Morgan fingerprint density at radius 1 is 1.47 bits per heavy atom. The zero-order valence-corrected chi connectivity index (χ0v) is 10.4. The molecule has 1 aliphatic rings. The van der Waals surface area contributed by atoms with Crippen molar-refractivity contribution in [1.82, 2.24) is 4.31 Å². The smallest absolute Gasteiger partial charge is 0.246 e. The lowest BCUT2D eigenvalue weighted by Gasteiger charge is -2.22. The topological polar surface area (TPSA) is 70.8 Å². The van der Waals surface area contributed by atoms with Crippen LogP contribution in [0.1, 0.15) is 17.9 Å². The largest absolute Gasteiger partial charge is 0.462 e. The Bertz CT molecular complexity index is 530. The Labute approximate surface area is 100 Å². The molecule has 0 radical (unpaired) electrons. The fraction of sp³-hybridized carbons (Fsp3) is 0.455. The van der Waals surface area contributed by atoms with Crippen LogP contribution in [0.3, 0.4) is 0 Å². The quantitative estimate of drug-likeness (QED) is 0.821. The van der Waals surface area contributed by atoms with E-state index in [9.17, 15) is 8.42 Å². The molecule has 2 heterocycles. The van der Waals surface area contributed by atoms with Crippen molar-refractivity contribution in [2.24, 2.45) is 0 Å². The summed E-state index contributed by atoms with van der Waals surface area (Å²) in [5.41, 5.74) is 0. The van der Waals surface area contributed by atoms with Crippen LogP contribution in [0.15, 0.2) is 27.5 Å². The summed E-state index contributed by atoms with van der Waals surface area (Å²) in [5, 5.41) is 8.94. The van der Waals surface area contributed by atoms with Gasteiger partial charge in [0.2, 0.25) is 10.0 Å². The highest BCUT2D eigenvalue weighted by Crippen LogP contribution is 2.24. The van der Waals surface area contributed by atoms with E-state index in [1.54, 1.807) is 6.92 Å². The van der Waals surface area contributed by atoms with E-state index in [4.69, 9.17) is 9.52 Å².